The lowest BCUT2D eigenvalue weighted by Gasteiger charge is -2.15. The van der Waals surface area contributed by atoms with Crippen molar-refractivity contribution >= 4 is 23.1 Å². The average molecular weight is 415 g/mol. The highest BCUT2D eigenvalue weighted by molar-refractivity contribution is 5.95. The third-order valence-corrected chi connectivity index (χ3v) is 4.84. The molecule has 0 saturated heterocycles. The third kappa shape index (κ3) is 4.23. The van der Waals surface area contributed by atoms with E-state index in [1.165, 1.54) is 0 Å². The van der Waals surface area contributed by atoms with Crippen molar-refractivity contribution in [2.45, 2.75) is 6.42 Å². The average Bonchev–Trinajstić information content (AvgIpc) is 3.19. The van der Waals surface area contributed by atoms with E-state index >= 15 is 0 Å². The number of carbonyl (C=O) groups excluding carboxylic acids is 2. The van der Waals surface area contributed by atoms with Crippen LogP contribution in [0.25, 0.3) is 16.8 Å². The zero-order valence-electron chi connectivity index (χ0n) is 16.9. The van der Waals surface area contributed by atoms with E-state index in [4.69, 9.17) is 10.5 Å². The minimum atomic E-state index is -0.627. The number of rotatable bonds is 2. The fraction of sp³-hybridized carbons (Fsp3) is 0.130. The molecule has 0 atom stereocenters. The van der Waals surface area contributed by atoms with Gasteiger partial charge in [0.1, 0.15) is 5.75 Å². The van der Waals surface area contributed by atoms with Gasteiger partial charge in [-0.2, -0.15) is 0 Å². The van der Waals surface area contributed by atoms with Crippen molar-refractivity contribution in [2.75, 3.05) is 18.6 Å². The summed E-state index contributed by atoms with van der Waals surface area (Å²) in [7, 11) is 1.77. The fourth-order valence-electron chi connectivity index (χ4n) is 3.26. The first kappa shape index (κ1) is 20.1. The number of ether oxygens (including phenoxy) is 1. The van der Waals surface area contributed by atoms with Gasteiger partial charge in [-0.3, -0.25) is 9.59 Å². The molecule has 156 valence electrons. The van der Waals surface area contributed by atoms with Gasteiger partial charge in [-0.05, 0) is 29.8 Å². The number of benzene rings is 2. The van der Waals surface area contributed by atoms with E-state index in [9.17, 15) is 9.59 Å². The van der Waals surface area contributed by atoms with E-state index in [2.05, 4.69) is 10.1 Å². The molecule has 31 heavy (non-hydrogen) atoms. The molecule has 0 saturated carbocycles. The van der Waals surface area contributed by atoms with Gasteiger partial charge in [0.2, 0.25) is 11.7 Å². The number of aromatic nitrogens is 3. The summed E-state index contributed by atoms with van der Waals surface area (Å²) in [6.45, 7) is 0.472. The van der Waals surface area contributed by atoms with Crippen LogP contribution in [0.5, 0.6) is 5.75 Å². The van der Waals surface area contributed by atoms with Crippen LogP contribution in [0.4, 0.5) is 5.69 Å². The largest absolute Gasteiger partial charge is 0.491 e. The van der Waals surface area contributed by atoms with Crippen molar-refractivity contribution in [3.05, 3.63) is 78.8 Å². The quantitative estimate of drug-likeness (QED) is 0.542. The molecule has 0 spiro atoms. The van der Waals surface area contributed by atoms with Crippen molar-refractivity contribution in [1.82, 2.24) is 14.6 Å². The second kappa shape index (κ2) is 8.66. The molecule has 2 N–H and O–H groups in total. The monoisotopic (exact) mass is 415 g/mol. The number of nitrogens with two attached hydrogens (primary N) is 1. The Morgan fingerprint density at radius 1 is 1.03 bits per heavy atom. The normalized spacial score (nSPS) is 12.9. The summed E-state index contributed by atoms with van der Waals surface area (Å²) in [6.07, 6.45) is 2.19. The minimum absolute atomic E-state index is 0.0263. The third-order valence-electron chi connectivity index (χ3n) is 4.84. The molecule has 2 aromatic heterocycles. The molecule has 0 fully saturated rings. The zero-order valence-corrected chi connectivity index (χ0v) is 16.9. The Hall–Kier alpha value is -4.20. The van der Waals surface area contributed by atoms with Gasteiger partial charge in [-0.15, -0.1) is 5.10 Å². The van der Waals surface area contributed by atoms with Crippen molar-refractivity contribution in [1.29, 1.82) is 0 Å². The van der Waals surface area contributed by atoms with Crippen LogP contribution >= 0.6 is 0 Å². The summed E-state index contributed by atoms with van der Waals surface area (Å²) in [5.41, 5.74) is 8.60. The summed E-state index contributed by atoms with van der Waals surface area (Å²) >= 11 is 0. The van der Waals surface area contributed by atoms with Crippen molar-refractivity contribution in [2.24, 2.45) is 5.73 Å². The standard InChI is InChI=1S/C13H10N4O.C10H11NO2/c14-11(18)12-15-13-10(7-4-8-17(13)16-12)9-5-2-1-3-6-9;1-11-8-4-2-3-5-9(8)13-7-6-10(11)12/h1-8H,(H2,14,18);2-5H,6-7H2,1H3. The smallest absolute Gasteiger partial charge is 0.288 e. The Kier molecular flexibility index (Phi) is 5.61. The molecule has 1 aliphatic heterocycles. The highest BCUT2D eigenvalue weighted by atomic mass is 16.5. The lowest BCUT2D eigenvalue weighted by atomic mass is 10.1. The van der Waals surface area contributed by atoms with Crippen LogP contribution in [0.3, 0.4) is 0 Å². The van der Waals surface area contributed by atoms with Crippen LogP contribution in [0.15, 0.2) is 72.9 Å². The molecule has 1 aliphatic rings. The first-order valence-corrected chi connectivity index (χ1v) is 9.73. The number of hydrogen-bond donors (Lipinski definition) is 1. The predicted octanol–water partition coefficient (Wildman–Crippen LogP) is 2.93. The molecule has 8 heteroatoms. The van der Waals surface area contributed by atoms with Crippen LogP contribution < -0.4 is 15.4 Å². The van der Waals surface area contributed by atoms with E-state index in [0.29, 0.717) is 18.7 Å². The summed E-state index contributed by atoms with van der Waals surface area (Å²) in [4.78, 5) is 28.3. The van der Waals surface area contributed by atoms with Crippen molar-refractivity contribution in [3.8, 4) is 16.9 Å². The Morgan fingerprint density at radius 3 is 2.55 bits per heavy atom. The van der Waals surface area contributed by atoms with Gasteiger partial charge < -0.3 is 15.4 Å². The van der Waals surface area contributed by atoms with Crippen molar-refractivity contribution < 1.29 is 14.3 Å². The van der Waals surface area contributed by atoms with Crippen LogP contribution in [-0.2, 0) is 4.79 Å². The highest BCUT2D eigenvalue weighted by Gasteiger charge is 2.18. The van der Waals surface area contributed by atoms with Crippen LogP contribution in [0.1, 0.15) is 17.0 Å². The lowest BCUT2D eigenvalue weighted by molar-refractivity contribution is -0.118. The summed E-state index contributed by atoms with van der Waals surface area (Å²) < 4.78 is 6.98. The first-order chi connectivity index (χ1) is 15.0. The molecular formula is C23H21N5O3. The molecule has 2 aromatic carbocycles. The number of amides is 2. The molecule has 0 aliphatic carbocycles. The van der Waals surface area contributed by atoms with E-state index < -0.39 is 5.91 Å². The van der Waals surface area contributed by atoms with Crippen molar-refractivity contribution in [3.63, 3.8) is 0 Å². The molecule has 4 aromatic rings. The number of primary amides is 1. The van der Waals surface area contributed by atoms with E-state index in [0.717, 1.165) is 22.6 Å². The predicted molar refractivity (Wildman–Crippen MR) is 117 cm³/mol. The van der Waals surface area contributed by atoms with Gasteiger partial charge in [0.25, 0.3) is 5.91 Å². The molecule has 5 rings (SSSR count). The summed E-state index contributed by atoms with van der Waals surface area (Å²) in [5.74, 6) is 0.289. The maximum atomic E-state index is 11.4. The molecule has 3 heterocycles. The number of carbonyl (C=O) groups is 2. The minimum Gasteiger partial charge on any atom is -0.491 e. The SMILES string of the molecule is CN1C(=O)CCOc2ccccc21.NC(=O)c1nc2c(-c3ccccc3)cccn2n1. The lowest BCUT2D eigenvalue weighted by Crippen LogP contribution is -2.24. The Labute approximate surface area is 178 Å². The maximum Gasteiger partial charge on any atom is 0.288 e. The van der Waals surface area contributed by atoms with Crippen LogP contribution in [0, 0.1) is 0 Å². The summed E-state index contributed by atoms with van der Waals surface area (Å²) in [5, 5.41) is 4.03. The molecule has 0 unspecified atom stereocenters. The fourth-order valence-corrected chi connectivity index (χ4v) is 3.26. The Balaban J connectivity index is 0.000000158. The number of pyridine rings is 1. The molecular weight excluding hydrogens is 394 g/mol. The number of fused-ring (bicyclic) bond motifs is 2. The highest BCUT2D eigenvalue weighted by Crippen LogP contribution is 2.29. The number of anilines is 1. The van der Waals surface area contributed by atoms with Gasteiger partial charge in [-0.1, -0.05) is 42.5 Å². The second-order valence-electron chi connectivity index (χ2n) is 6.87. The van der Waals surface area contributed by atoms with Gasteiger partial charge >= 0.3 is 0 Å². The Morgan fingerprint density at radius 2 is 1.77 bits per heavy atom. The van der Waals surface area contributed by atoms with E-state index in [1.54, 1.807) is 22.7 Å². The van der Waals surface area contributed by atoms with Crippen LogP contribution in [-0.4, -0.2) is 40.1 Å². The molecule has 2 amide bonds. The number of para-hydroxylation sites is 2. The van der Waals surface area contributed by atoms with Gasteiger partial charge in [0, 0.05) is 18.8 Å². The van der Waals surface area contributed by atoms with Gasteiger partial charge in [-0.25, -0.2) is 9.50 Å². The van der Waals surface area contributed by atoms with E-state index in [1.807, 2.05) is 66.7 Å². The molecule has 0 radical (unpaired) electrons. The maximum absolute atomic E-state index is 11.4. The first-order valence-electron chi connectivity index (χ1n) is 9.73. The van der Waals surface area contributed by atoms with E-state index in [-0.39, 0.29) is 11.7 Å². The van der Waals surface area contributed by atoms with Gasteiger partial charge in [0.05, 0.1) is 18.7 Å². The number of hydrogen-bond acceptors (Lipinski definition) is 5. The van der Waals surface area contributed by atoms with Crippen LogP contribution in [0.2, 0.25) is 0 Å². The number of nitrogens with zero attached hydrogens (tertiary/aromatic N) is 4. The second-order valence-corrected chi connectivity index (χ2v) is 6.87. The topological polar surface area (TPSA) is 103 Å². The Bertz CT molecular complexity index is 1240. The van der Waals surface area contributed by atoms with Gasteiger partial charge in [0.15, 0.2) is 5.65 Å². The molecule has 8 nitrogen and oxygen atoms in total. The summed E-state index contributed by atoms with van der Waals surface area (Å²) in [6, 6.07) is 21.2. The zero-order chi connectivity index (χ0) is 21.8. The molecule has 0 bridgehead atoms.